The number of amides is 2. The van der Waals surface area contributed by atoms with E-state index in [0.717, 1.165) is 16.8 Å². The molecular weight excluding hydrogens is 342 g/mol. The van der Waals surface area contributed by atoms with Gasteiger partial charge in [0.05, 0.1) is 6.54 Å². The number of aromatic nitrogens is 3. The van der Waals surface area contributed by atoms with Gasteiger partial charge in [-0.05, 0) is 30.0 Å². The number of nitrogens with zero attached hydrogens (tertiary/aromatic N) is 3. The molecule has 7 heteroatoms. The van der Waals surface area contributed by atoms with Gasteiger partial charge in [-0.25, -0.2) is 0 Å². The summed E-state index contributed by atoms with van der Waals surface area (Å²) in [6.45, 7) is 0.485. The van der Waals surface area contributed by atoms with Crippen molar-refractivity contribution >= 4 is 17.5 Å². The summed E-state index contributed by atoms with van der Waals surface area (Å²) in [6.07, 6.45) is 2.75. The molecule has 0 fully saturated rings. The summed E-state index contributed by atoms with van der Waals surface area (Å²) in [7, 11) is 0. The fraction of sp³-hybridized carbons (Fsp3) is 0.200. The lowest BCUT2D eigenvalue weighted by Crippen LogP contribution is -2.44. The van der Waals surface area contributed by atoms with Gasteiger partial charge >= 0.3 is 0 Å². The molecule has 0 aliphatic carbocycles. The molecule has 4 rings (SSSR count). The van der Waals surface area contributed by atoms with Gasteiger partial charge in [0.25, 0.3) is 5.91 Å². The average molecular weight is 361 g/mol. The van der Waals surface area contributed by atoms with Crippen molar-refractivity contribution in [3.05, 3.63) is 77.9 Å². The first-order valence-electron chi connectivity index (χ1n) is 8.82. The summed E-state index contributed by atoms with van der Waals surface area (Å²) < 4.78 is 1.67. The minimum atomic E-state index is -0.619. The van der Waals surface area contributed by atoms with Gasteiger partial charge in [0, 0.05) is 5.69 Å². The van der Waals surface area contributed by atoms with E-state index in [0.29, 0.717) is 19.4 Å². The van der Waals surface area contributed by atoms with E-state index in [1.807, 2.05) is 54.6 Å². The van der Waals surface area contributed by atoms with Crippen LogP contribution in [-0.4, -0.2) is 32.6 Å². The lowest BCUT2D eigenvalue weighted by Gasteiger charge is -2.15. The third-order valence-corrected chi connectivity index (χ3v) is 4.61. The molecule has 27 heavy (non-hydrogen) atoms. The van der Waals surface area contributed by atoms with Gasteiger partial charge in [-0.3, -0.25) is 9.59 Å². The van der Waals surface area contributed by atoms with Crippen molar-refractivity contribution in [3.8, 4) is 0 Å². The smallest absolute Gasteiger partial charge is 0.289 e. The summed E-state index contributed by atoms with van der Waals surface area (Å²) in [6, 6.07) is 16.8. The molecule has 0 spiro atoms. The van der Waals surface area contributed by atoms with Crippen molar-refractivity contribution in [1.82, 2.24) is 20.1 Å². The largest absolute Gasteiger partial charge is 0.337 e. The molecule has 0 saturated carbocycles. The first kappa shape index (κ1) is 17.0. The Balaban J connectivity index is 1.47. The Morgan fingerprint density at radius 3 is 2.78 bits per heavy atom. The Morgan fingerprint density at radius 1 is 1.15 bits per heavy atom. The third kappa shape index (κ3) is 3.72. The van der Waals surface area contributed by atoms with Gasteiger partial charge in [-0.1, -0.05) is 48.5 Å². The number of nitrogens with one attached hydrogen (secondary N) is 2. The predicted molar refractivity (Wildman–Crippen MR) is 100 cm³/mol. The van der Waals surface area contributed by atoms with Crippen molar-refractivity contribution < 1.29 is 9.59 Å². The van der Waals surface area contributed by atoms with Crippen LogP contribution in [0.5, 0.6) is 0 Å². The zero-order valence-corrected chi connectivity index (χ0v) is 14.6. The maximum Gasteiger partial charge on any atom is 0.289 e. The van der Waals surface area contributed by atoms with E-state index in [9.17, 15) is 9.59 Å². The number of fused-ring (bicyclic) bond motifs is 1. The molecule has 136 valence electrons. The fourth-order valence-electron chi connectivity index (χ4n) is 3.20. The van der Waals surface area contributed by atoms with Crippen LogP contribution in [0.1, 0.15) is 28.2 Å². The van der Waals surface area contributed by atoms with Gasteiger partial charge in [-0.15, -0.1) is 10.2 Å². The van der Waals surface area contributed by atoms with Crippen molar-refractivity contribution in [2.24, 2.45) is 0 Å². The first-order chi connectivity index (χ1) is 13.2. The third-order valence-electron chi connectivity index (χ3n) is 4.61. The fourth-order valence-corrected chi connectivity index (χ4v) is 3.20. The van der Waals surface area contributed by atoms with E-state index in [4.69, 9.17) is 0 Å². The van der Waals surface area contributed by atoms with E-state index in [2.05, 4.69) is 20.8 Å². The molecule has 7 nitrogen and oxygen atoms in total. The predicted octanol–water partition coefficient (Wildman–Crippen LogP) is 2.01. The zero-order chi connectivity index (χ0) is 18.6. The monoisotopic (exact) mass is 361 g/mol. The number of rotatable bonds is 4. The second-order valence-electron chi connectivity index (χ2n) is 6.48. The van der Waals surface area contributed by atoms with Crippen molar-refractivity contribution in [2.45, 2.75) is 25.4 Å². The number of carbonyl (C=O) groups is 2. The van der Waals surface area contributed by atoms with Crippen LogP contribution in [-0.2, 0) is 17.8 Å². The first-order valence-corrected chi connectivity index (χ1v) is 8.82. The Morgan fingerprint density at radius 2 is 1.93 bits per heavy atom. The van der Waals surface area contributed by atoms with Crippen molar-refractivity contribution in [2.75, 3.05) is 5.32 Å². The highest BCUT2D eigenvalue weighted by Gasteiger charge is 2.27. The quantitative estimate of drug-likeness (QED) is 0.744. The van der Waals surface area contributed by atoms with Crippen LogP contribution in [0.25, 0.3) is 0 Å². The van der Waals surface area contributed by atoms with Gasteiger partial charge < -0.3 is 15.2 Å². The number of carbonyl (C=O) groups excluding carboxylic acids is 2. The van der Waals surface area contributed by atoms with Crippen molar-refractivity contribution in [1.29, 1.82) is 0 Å². The van der Waals surface area contributed by atoms with Crippen LogP contribution >= 0.6 is 0 Å². The Bertz CT molecular complexity index is 967. The molecule has 1 aromatic heterocycles. The van der Waals surface area contributed by atoms with Gasteiger partial charge in [-0.2, -0.15) is 0 Å². The van der Waals surface area contributed by atoms with E-state index in [1.54, 1.807) is 4.57 Å². The summed E-state index contributed by atoms with van der Waals surface area (Å²) in [5.74, 6) is -0.439. The molecule has 1 atom stereocenters. The molecule has 1 unspecified atom stereocenters. The molecule has 2 aromatic carbocycles. The van der Waals surface area contributed by atoms with E-state index < -0.39 is 11.9 Å². The number of anilines is 1. The number of aryl methyl sites for hydroxylation is 1. The number of benzene rings is 2. The van der Waals surface area contributed by atoms with Crippen LogP contribution < -0.4 is 10.6 Å². The summed E-state index contributed by atoms with van der Waals surface area (Å²) in [5.41, 5.74) is 2.90. The average Bonchev–Trinajstić information content (AvgIpc) is 3.08. The molecule has 0 saturated heterocycles. The highest BCUT2D eigenvalue weighted by Crippen LogP contribution is 2.21. The molecule has 3 aromatic rings. The highest BCUT2D eigenvalue weighted by atomic mass is 16.2. The molecule has 1 aliphatic rings. The summed E-state index contributed by atoms with van der Waals surface area (Å²) in [5, 5.41) is 13.5. The lowest BCUT2D eigenvalue weighted by molar-refractivity contribution is -0.118. The van der Waals surface area contributed by atoms with Gasteiger partial charge in [0.1, 0.15) is 12.4 Å². The maximum absolute atomic E-state index is 12.7. The van der Waals surface area contributed by atoms with Gasteiger partial charge in [0.15, 0.2) is 0 Å². The van der Waals surface area contributed by atoms with Crippen LogP contribution in [0, 0.1) is 0 Å². The van der Waals surface area contributed by atoms with Crippen LogP contribution in [0.4, 0.5) is 5.69 Å². The number of hydrogen-bond acceptors (Lipinski definition) is 4. The molecule has 0 radical (unpaired) electrons. The summed E-state index contributed by atoms with van der Waals surface area (Å²) >= 11 is 0. The molecular formula is C20H19N5O2. The standard InChI is InChI=1S/C20H19N5O2/c26-19-17(11-10-15-8-4-5-9-16(15)22-19)23-20(27)18-24-21-13-25(18)12-14-6-2-1-3-7-14/h1-9,13,17H,10-12H2,(H,22,26)(H,23,27). The number of hydrogen-bond donors (Lipinski definition) is 2. The van der Waals surface area contributed by atoms with Crippen LogP contribution in [0.15, 0.2) is 60.9 Å². The van der Waals surface area contributed by atoms with Crippen LogP contribution in [0.2, 0.25) is 0 Å². The Kier molecular flexibility index (Phi) is 4.65. The normalized spacial score (nSPS) is 16.1. The van der Waals surface area contributed by atoms with E-state index >= 15 is 0 Å². The maximum atomic E-state index is 12.7. The second kappa shape index (κ2) is 7.41. The van der Waals surface area contributed by atoms with Crippen molar-refractivity contribution in [3.63, 3.8) is 0 Å². The zero-order valence-electron chi connectivity index (χ0n) is 14.6. The Labute approximate surface area is 156 Å². The SMILES string of the molecule is O=C(NC1CCc2ccccc2NC1=O)c1nncn1Cc1ccccc1. The van der Waals surface area contributed by atoms with Crippen LogP contribution in [0.3, 0.4) is 0 Å². The molecule has 0 bridgehead atoms. The molecule has 2 heterocycles. The van der Waals surface area contributed by atoms with E-state index in [1.165, 1.54) is 6.33 Å². The molecule has 2 amide bonds. The molecule has 2 N–H and O–H groups in total. The summed E-state index contributed by atoms with van der Waals surface area (Å²) in [4.78, 5) is 25.2. The highest BCUT2D eigenvalue weighted by molar-refractivity contribution is 6.00. The van der Waals surface area contributed by atoms with E-state index in [-0.39, 0.29) is 11.7 Å². The second-order valence-corrected chi connectivity index (χ2v) is 6.48. The number of para-hydroxylation sites is 1. The molecule has 1 aliphatic heterocycles. The Hall–Kier alpha value is -3.48. The lowest BCUT2D eigenvalue weighted by atomic mass is 10.1. The topological polar surface area (TPSA) is 88.9 Å². The minimum absolute atomic E-state index is 0.188. The van der Waals surface area contributed by atoms with Gasteiger partial charge in [0.2, 0.25) is 11.7 Å². The minimum Gasteiger partial charge on any atom is -0.337 e.